The second-order valence-corrected chi connectivity index (χ2v) is 10.3. The highest BCUT2D eigenvalue weighted by molar-refractivity contribution is 6.32. The van der Waals surface area contributed by atoms with Crippen LogP contribution in [-0.2, 0) is 0 Å². The molecule has 188 valence electrons. The molecular formula is C27H32Cl2FN3O2. The molecule has 35 heavy (non-hydrogen) atoms. The number of nitrogens with one attached hydrogen (secondary N) is 1. The standard InChI is InChI=1S/C27H31ClFN3O2.ClH/c1-15-10-23-19(13-18(15)17-11-21(28)26(34)22(29)12-17)25(20(14-30-23)16(2)33)31-27(3)9-7-6-8-24(27)32(4)5;/h10-14,24,34H,6-9H2,1-5H3,(H,30,31);1H. The summed E-state index contributed by atoms with van der Waals surface area (Å²) >= 11 is 6.07. The number of Topliss-reactive ketones (excluding diaryl/α,β-unsaturated/α-hetero) is 1. The third kappa shape index (κ3) is 5.11. The van der Waals surface area contributed by atoms with E-state index in [1.165, 1.54) is 12.5 Å². The molecule has 0 amide bonds. The summed E-state index contributed by atoms with van der Waals surface area (Å²) in [5, 5.41) is 14.3. The number of hydrogen-bond acceptors (Lipinski definition) is 5. The Hall–Kier alpha value is -2.41. The number of ketones is 1. The van der Waals surface area contributed by atoms with Gasteiger partial charge in [0.1, 0.15) is 0 Å². The number of likely N-dealkylation sites (N-methyl/N-ethyl adjacent to an activating group) is 1. The molecule has 8 heteroatoms. The number of aromatic hydroxyl groups is 1. The zero-order valence-electron chi connectivity index (χ0n) is 20.7. The first kappa shape index (κ1) is 27.2. The molecule has 2 unspecified atom stereocenters. The third-order valence-corrected chi connectivity index (χ3v) is 7.40. The predicted molar refractivity (Wildman–Crippen MR) is 144 cm³/mol. The van der Waals surface area contributed by atoms with E-state index >= 15 is 0 Å². The lowest BCUT2D eigenvalue weighted by atomic mass is 9.77. The van der Waals surface area contributed by atoms with Crippen molar-refractivity contribution in [3.63, 3.8) is 0 Å². The molecule has 1 saturated carbocycles. The second-order valence-electron chi connectivity index (χ2n) is 9.84. The Balaban J connectivity index is 0.00000342. The van der Waals surface area contributed by atoms with E-state index < -0.39 is 11.6 Å². The maximum Gasteiger partial charge on any atom is 0.170 e. The summed E-state index contributed by atoms with van der Waals surface area (Å²) in [5.74, 6) is -1.41. The van der Waals surface area contributed by atoms with E-state index in [0.717, 1.165) is 47.0 Å². The van der Waals surface area contributed by atoms with Crippen LogP contribution in [0.2, 0.25) is 5.02 Å². The van der Waals surface area contributed by atoms with Gasteiger partial charge in [0.15, 0.2) is 17.3 Å². The van der Waals surface area contributed by atoms with E-state index in [4.69, 9.17) is 11.6 Å². The lowest BCUT2D eigenvalue weighted by molar-refractivity contribution is 0.101. The number of aromatic nitrogens is 1. The maximum absolute atomic E-state index is 14.3. The Bertz CT molecular complexity index is 1260. The number of halogens is 3. The summed E-state index contributed by atoms with van der Waals surface area (Å²) in [6.45, 7) is 5.69. The molecule has 1 fully saturated rings. The third-order valence-electron chi connectivity index (χ3n) is 7.11. The van der Waals surface area contributed by atoms with Gasteiger partial charge in [-0.1, -0.05) is 24.4 Å². The van der Waals surface area contributed by atoms with E-state index in [1.54, 1.807) is 19.2 Å². The Labute approximate surface area is 217 Å². The molecular weight excluding hydrogens is 488 g/mol. The van der Waals surface area contributed by atoms with Gasteiger partial charge < -0.3 is 15.3 Å². The fourth-order valence-electron chi connectivity index (χ4n) is 5.35. The summed E-state index contributed by atoms with van der Waals surface area (Å²) in [4.78, 5) is 19.5. The molecule has 1 aliphatic carbocycles. The fraction of sp³-hybridized carbons (Fsp3) is 0.407. The first-order valence-electron chi connectivity index (χ1n) is 11.6. The van der Waals surface area contributed by atoms with E-state index in [0.29, 0.717) is 17.2 Å². The largest absolute Gasteiger partial charge is 0.504 e. The van der Waals surface area contributed by atoms with Crippen molar-refractivity contribution in [3.05, 3.63) is 52.4 Å². The highest BCUT2D eigenvalue weighted by Crippen LogP contribution is 2.40. The molecule has 0 spiro atoms. The number of phenolic OH excluding ortho intramolecular Hbond substituents is 1. The van der Waals surface area contributed by atoms with Crippen LogP contribution in [0.25, 0.3) is 22.0 Å². The van der Waals surface area contributed by atoms with Gasteiger partial charge in [0.05, 0.1) is 27.3 Å². The van der Waals surface area contributed by atoms with Crippen molar-refractivity contribution in [1.82, 2.24) is 9.88 Å². The number of fused-ring (bicyclic) bond motifs is 1. The number of aryl methyl sites for hydroxylation is 1. The van der Waals surface area contributed by atoms with Gasteiger partial charge in [0.25, 0.3) is 0 Å². The number of hydrogen-bond donors (Lipinski definition) is 2. The summed E-state index contributed by atoms with van der Waals surface area (Å²) < 4.78 is 14.3. The van der Waals surface area contributed by atoms with Crippen LogP contribution in [0.5, 0.6) is 5.75 Å². The van der Waals surface area contributed by atoms with Crippen LogP contribution >= 0.6 is 24.0 Å². The minimum Gasteiger partial charge on any atom is -0.504 e. The minimum absolute atomic E-state index is 0. The van der Waals surface area contributed by atoms with E-state index in [-0.39, 0.29) is 28.8 Å². The van der Waals surface area contributed by atoms with Crippen molar-refractivity contribution in [2.45, 2.75) is 58.0 Å². The van der Waals surface area contributed by atoms with Crippen molar-refractivity contribution >= 4 is 46.4 Å². The summed E-state index contributed by atoms with van der Waals surface area (Å²) in [6, 6.07) is 7.00. The molecule has 3 aromatic rings. The number of anilines is 1. The summed E-state index contributed by atoms with van der Waals surface area (Å²) in [5.41, 5.74) is 3.99. The van der Waals surface area contributed by atoms with Gasteiger partial charge in [-0.15, -0.1) is 12.4 Å². The zero-order valence-corrected chi connectivity index (χ0v) is 22.3. The van der Waals surface area contributed by atoms with Crippen molar-refractivity contribution < 1.29 is 14.3 Å². The Morgan fingerprint density at radius 1 is 1.26 bits per heavy atom. The molecule has 5 nitrogen and oxygen atoms in total. The molecule has 4 rings (SSSR count). The highest BCUT2D eigenvalue weighted by atomic mass is 35.5. The van der Waals surface area contributed by atoms with Gasteiger partial charge >= 0.3 is 0 Å². The van der Waals surface area contributed by atoms with Gasteiger partial charge in [-0.25, -0.2) is 4.39 Å². The van der Waals surface area contributed by atoms with Gasteiger partial charge in [0, 0.05) is 17.6 Å². The molecule has 2 N–H and O–H groups in total. The maximum atomic E-state index is 14.3. The Morgan fingerprint density at radius 2 is 1.97 bits per heavy atom. The van der Waals surface area contributed by atoms with Crippen molar-refractivity contribution in [3.8, 4) is 16.9 Å². The van der Waals surface area contributed by atoms with Crippen molar-refractivity contribution in [2.24, 2.45) is 0 Å². The summed E-state index contributed by atoms with van der Waals surface area (Å²) in [6.07, 6.45) is 5.98. The predicted octanol–water partition coefficient (Wildman–Crippen LogP) is 7.01. The van der Waals surface area contributed by atoms with Gasteiger partial charge in [-0.05, 0) is 88.7 Å². The molecule has 0 aliphatic heterocycles. The molecule has 0 radical (unpaired) electrons. The van der Waals surface area contributed by atoms with Gasteiger partial charge in [-0.3, -0.25) is 9.78 Å². The fourth-order valence-corrected chi connectivity index (χ4v) is 5.56. The first-order chi connectivity index (χ1) is 16.0. The molecule has 1 aromatic heterocycles. The Morgan fingerprint density at radius 3 is 2.60 bits per heavy atom. The molecule has 1 heterocycles. The molecule has 2 atom stereocenters. The van der Waals surface area contributed by atoms with Crippen molar-refractivity contribution in [1.29, 1.82) is 0 Å². The van der Waals surface area contributed by atoms with Gasteiger partial charge in [0.2, 0.25) is 0 Å². The zero-order chi connectivity index (χ0) is 24.8. The average molecular weight is 520 g/mol. The number of phenols is 1. The van der Waals surface area contributed by atoms with Crippen molar-refractivity contribution in [2.75, 3.05) is 19.4 Å². The van der Waals surface area contributed by atoms with Gasteiger partial charge in [-0.2, -0.15) is 0 Å². The van der Waals surface area contributed by atoms with Crippen LogP contribution in [-0.4, -0.2) is 46.4 Å². The molecule has 1 aliphatic rings. The quantitative estimate of drug-likeness (QED) is 0.355. The van der Waals surface area contributed by atoms with Crippen LogP contribution in [0.3, 0.4) is 0 Å². The molecule has 0 bridgehead atoms. The molecule has 2 aromatic carbocycles. The smallest absolute Gasteiger partial charge is 0.170 e. The van der Waals surface area contributed by atoms with Crippen LogP contribution in [0.4, 0.5) is 10.1 Å². The topological polar surface area (TPSA) is 65.5 Å². The lowest BCUT2D eigenvalue weighted by Gasteiger charge is -2.46. The van der Waals surface area contributed by atoms with Crippen LogP contribution < -0.4 is 5.32 Å². The highest BCUT2D eigenvalue weighted by Gasteiger charge is 2.38. The second kappa shape index (κ2) is 10.3. The average Bonchev–Trinajstić information content (AvgIpc) is 2.76. The number of pyridine rings is 1. The SMILES string of the molecule is CC(=O)c1cnc2cc(C)c(-c3cc(F)c(O)c(Cl)c3)cc2c1NC1(C)CCCCC1N(C)C.Cl. The molecule has 0 saturated heterocycles. The minimum atomic E-state index is -0.778. The normalized spacial score (nSPS) is 20.1. The number of rotatable bonds is 5. The van der Waals surface area contributed by atoms with Crippen LogP contribution in [0, 0.1) is 12.7 Å². The van der Waals surface area contributed by atoms with E-state index in [9.17, 15) is 14.3 Å². The van der Waals surface area contributed by atoms with Crippen LogP contribution in [0.1, 0.15) is 55.5 Å². The first-order valence-corrected chi connectivity index (χ1v) is 12.0. The number of benzene rings is 2. The lowest BCUT2D eigenvalue weighted by Crippen LogP contribution is -2.55. The number of carbonyl (C=O) groups is 1. The monoisotopic (exact) mass is 519 g/mol. The Kier molecular flexibility index (Phi) is 7.99. The van der Waals surface area contributed by atoms with E-state index in [2.05, 4.69) is 36.2 Å². The number of carbonyl (C=O) groups excluding carboxylic acids is 1. The van der Waals surface area contributed by atoms with E-state index in [1.807, 2.05) is 19.1 Å². The van der Waals surface area contributed by atoms with Crippen LogP contribution in [0.15, 0.2) is 30.5 Å². The number of nitrogens with zero attached hydrogens (tertiary/aromatic N) is 2. The summed E-state index contributed by atoms with van der Waals surface area (Å²) in [7, 11) is 4.19.